The van der Waals surface area contributed by atoms with Crippen LogP contribution in [0.15, 0.2) is 70.3 Å². The van der Waals surface area contributed by atoms with E-state index in [0.29, 0.717) is 5.56 Å². The second-order valence-corrected chi connectivity index (χ2v) is 9.40. The highest BCUT2D eigenvalue weighted by molar-refractivity contribution is 7.93. The van der Waals surface area contributed by atoms with E-state index in [0.717, 1.165) is 23.0 Å². The molecule has 3 rings (SSSR count). The third-order valence-corrected chi connectivity index (χ3v) is 7.67. The van der Waals surface area contributed by atoms with Crippen LogP contribution in [0.1, 0.15) is 26.7 Å². The van der Waals surface area contributed by atoms with Crippen molar-refractivity contribution in [3.63, 3.8) is 0 Å². The van der Waals surface area contributed by atoms with E-state index in [4.69, 9.17) is 0 Å². The summed E-state index contributed by atoms with van der Waals surface area (Å²) >= 11 is 1.14. The highest BCUT2D eigenvalue weighted by Crippen LogP contribution is 2.31. The van der Waals surface area contributed by atoms with E-state index in [-0.39, 0.29) is 16.3 Å². The average Bonchev–Trinajstić information content (AvgIpc) is 3.18. The van der Waals surface area contributed by atoms with Gasteiger partial charge in [0.2, 0.25) is 0 Å². The molecule has 0 spiro atoms. The Labute approximate surface area is 161 Å². The van der Waals surface area contributed by atoms with Crippen LogP contribution in [0.2, 0.25) is 0 Å². The maximum atomic E-state index is 13.3. The average molecular weight is 404 g/mol. The van der Waals surface area contributed by atoms with E-state index in [1.54, 1.807) is 29.6 Å². The lowest BCUT2D eigenvalue weighted by atomic mass is 10.1. The Hall–Kier alpha value is -2.51. The van der Waals surface area contributed by atoms with Crippen molar-refractivity contribution < 1.29 is 17.6 Å². The first-order valence-corrected chi connectivity index (χ1v) is 10.7. The Kier molecular flexibility index (Phi) is 5.72. The Morgan fingerprint density at radius 2 is 1.85 bits per heavy atom. The predicted molar refractivity (Wildman–Crippen MR) is 104 cm³/mol. The number of carbonyl (C=O) groups is 1. The van der Waals surface area contributed by atoms with Gasteiger partial charge < -0.3 is 5.32 Å². The van der Waals surface area contributed by atoms with Crippen LogP contribution in [-0.2, 0) is 9.84 Å². The number of amides is 1. The van der Waals surface area contributed by atoms with Crippen LogP contribution in [0, 0.1) is 12.7 Å². The lowest BCUT2D eigenvalue weighted by Crippen LogP contribution is -2.31. The molecule has 27 heavy (non-hydrogen) atoms. The largest absolute Gasteiger partial charge is 0.350 e. The zero-order valence-electron chi connectivity index (χ0n) is 14.6. The quantitative estimate of drug-likeness (QED) is 0.673. The molecule has 140 valence electrons. The van der Waals surface area contributed by atoms with Crippen molar-refractivity contribution in [3.8, 4) is 0 Å². The van der Waals surface area contributed by atoms with Crippen molar-refractivity contribution >= 4 is 27.1 Å². The highest BCUT2D eigenvalue weighted by Gasteiger charge is 2.30. The monoisotopic (exact) mass is 403 g/mol. The molecule has 0 aliphatic carbocycles. The Morgan fingerprint density at radius 3 is 2.48 bits per heavy atom. The van der Waals surface area contributed by atoms with E-state index in [1.165, 1.54) is 18.2 Å². The van der Waals surface area contributed by atoms with Crippen molar-refractivity contribution in [3.05, 3.63) is 88.6 Å². The van der Waals surface area contributed by atoms with Gasteiger partial charge in [-0.05, 0) is 42.1 Å². The lowest BCUT2D eigenvalue weighted by Gasteiger charge is -2.18. The number of carbonyl (C=O) groups excluding carboxylic acids is 1. The lowest BCUT2D eigenvalue weighted by molar-refractivity contribution is 0.0953. The number of sulfone groups is 1. The van der Waals surface area contributed by atoms with Crippen molar-refractivity contribution in [1.82, 2.24) is 5.32 Å². The van der Waals surface area contributed by atoms with E-state index >= 15 is 0 Å². The van der Waals surface area contributed by atoms with E-state index < -0.39 is 26.8 Å². The fourth-order valence-electron chi connectivity index (χ4n) is 2.67. The number of halogens is 1. The minimum atomic E-state index is -3.68. The molecular formula is C20H18FNO3S2. The number of hydrogen-bond donors (Lipinski definition) is 1. The molecule has 1 aromatic heterocycles. The van der Waals surface area contributed by atoms with Gasteiger partial charge >= 0.3 is 0 Å². The smallest absolute Gasteiger partial charge is 0.251 e. The number of aryl methyl sites for hydroxylation is 1. The summed E-state index contributed by atoms with van der Waals surface area (Å²) in [6.45, 7) is 1.80. The minimum absolute atomic E-state index is 0.112. The summed E-state index contributed by atoms with van der Waals surface area (Å²) in [7, 11) is -3.68. The number of nitrogens with one attached hydrogen (secondary N) is 1. The molecule has 1 amide bonds. The molecule has 0 saturated heterocycles. The fraction of sp³-hybridized carbons (Fsp3) is 0.150. The van der Waals surface area contributed by atoms with Crippen molar-refractivity contribution in [2.45, 2.75) is 16.4 Å². The first kappa shape index (κ1) is 19.3. The zero-order valence-corrected chi connectivity index (χ0v) is 16.2. The molecule has 3 aromatic rings. The molecule has 4 nitrogen and oxygen atoms in total. The fourth-order valence-corrected chi connectivity index (χ4v) is 5.54. The normalized spacial score (nSPS) is 12.5. The zero-order chi connectivity index (χ0) is 19.4. The first-order valence-electron chi connectivity index (χ1n) is 8.25. The molecule has 1 atom stereocenters. The highest BCUT2D eigenvalue weighted by atomic mass is 32.2. The number of benzene rings is 2. The van der Waals surface area contributed by atoms with Crippen LogP contribution < -0.4 is 5.32 Å². The summed E-state index contributed by atoms with van der Waals surface area (Å²) in [5, 5.41) is 3.39. The second kappa shape index (κ2) is 8.02. The number of hydrogen-bond acceptors (Lipinski definition) is 4. The molecule has 1 N–H and O–H groups in total. The molecule has 1 heterocycles. The molecule has 0 aliphatic rings. The van der Waals surface area contributed by atoms with Crippen molar-refractivity contribution in [2.75, 3.05) is 6.54 Å². The van der Waals surface area contributed by atoms with Crippen molar-refractivity contribution in [2.24, 2.45) is 0 Å². The third-order valence-electron chi connectivity index (χ3n) is 4.13. The molecule has 0 aliphatic heterocycles. The van der Waals surface area contributed by atoms with Crippen LogP contribution in [0.4, 0.5) is 4.39 Å². The maximum Gasteiger partial charge on any atom is 0.251 e. The number of thiophene rings is 1. The molecular weight excluding hydrogens is 385 g/mol. The SMILES string of the molecule is Cc1ccc([C@H](CNC(=O)c2cccc(F)c2)S(=O)(=O)c2cccs2)cc1. The molecule has 0 saturated carbocycles. The predicted octanol–water partition coefficient (Wildman–Crippen LogP) is 4.14. The molecule has 0 radical (unpaired) electrons. The minimum Gasteiger partial charge on any atom is -0.350 e. The molecule has 7 heteroatoms. The van der Waals surface area contributed by atoms with Gasteiger partial charge in [-0.3, -0.25) is 4.79 Å². The van der Waals surface area contributed by atoms with Crippen LogP contribution >= 0.6 is 11.3 Å². The van der Waals surface area contributed by atoms with E-state index in [9.17, 15) is 17.6 Å². The standard InChI is InChI=1S/C20H18FNO3S2/c1-14-7-9-15(10-8-14)18(27(24,25)19-6-3-11-26-19)13-22-20(23)16-4-2-5-17(21)12-16/h2-12,18H,13H2,1H3,(H,22,23)/t18-/m0/s1. The molecule has 0 bridgehead atoms. The van der Waals surface area contributed by atoms with Gasteiger partial charge in [-0.1, -0.05) is 42.0 Å². The van der Waals surface area contributed by atoms with E-state index in [1.807, 2.05) is 19.1 Å². The third kappa shape index (κ3) is 4.43. The Balaban J connectivity index is 1.88. The second-order valence-electron chi connectivity index (χ2n) is 6.10. The molecule has 0 unspecified atom stereocenters. The summed E-state index contributed by atoms with van der Waals surface area (Å²) in [5.41, 5.74) is 1.74. The van der Waals surface area contributed by atoms with Crippen LogP contribution in [-0.4, -0.2) is 20.9 Å². The summed E-state index contributed by atoms with van der Waals surface area (Å²) in [6.07, 6.45) is 0. The van der Waals surface area contributed by atoms with Crippen LogP contribution in [0.25, 0.3) is 0 Å². The summed E-state index contributed by atoms with van der Waals surface area (Å²) < 4.78 is 39.7. The van der Waals surface area contributed by atoms with Crippen LogP contribution in [0.5, 0.6) is 0 Å². The van der Waals surface area contributed by atoms with Gasteiger partial charge in [0, 0.05) is 12.1 Å². The maximum absolute atomic E-state index is 13.3. The van der Waals surface area contributed by atoms with Crippen molar-refractivity contribution in [1.29, 1.82) is 0 Å². The van der Waals surface area contributed by atoms with Gasteiger partial charge in [0.05, 0.1) is 0 Å². The van der Waals surface area contributed by atoms with Gasteiger partial charge in [-0.25, -0.2) is 12.8 Å². The van der Waals surface area contributed by atoms with Crippen LogP contribution in [0.3, 0.4) is 0 Å². The van der Waals surface area contributed by atoms with Gasteiger partial charge in [0.15, 0.2) is 9.84 Å². The van der Waals surface area contributed by atoms with Gasteiger partial charge in [0.25, 0.3) is 5.91 Å². The molecule has 0 fully saturated rings. The topological polar surface area (TPSA) is 63.2 Å². The summed E-state index contributed by atoms with van der Waals surface area (Å²) in [6, 6.07) is 15.7. The first-order chi connectivity index (χ1) is 12.9. The summed E-state index contributed by atoms with van der Waals surface area (Å²) in [4.78, 5) is 12.3. The Morgan fingerprint density at radius 1 is 1.11 bits per heavy atom. The van der Waals surface area contributed by atoms with Gasteiger partial charge in [-0.2, -0.15) is 0 Å². The number of rotatable bonds is 6. The Bertz CT molecular complexity index is 1030. The summed E-state index contributed by atoms with van der Waals surface area (Å²) in [5.74, 6) is -1.04. The molecule has 2 aromatic carbocycles. The van der Waals surface area contributed by atoms with E-state index in [2.05, 4.69) is 5.32 Å². The van der Waals surface area contributed by atoms with Gasteiger partial charge in [0.1, 0.15) is 15.3 Å². The van der Waals surface area contributed by atoms with Gasteiger partial charge in [-0.15, -0.1) is 11.3 Å².